The van der Waals surface area contributed by atoms with Gasteiger partial charge >= 0.3 is 0 Å². The molecule has 1 N–H and O–H groups in total. The van der Waals surface area contributed by atoms with Crippen LogP contribution in [0.5, 0.6) is 0 Å². The second-order valence-corrected chi connectivity index (χ2v) is 6.52. The van der Waals surface area contributed by atoms with Crippen LogP contribution in [0.1, 0.15) is 36.2 Å². The van der Waals surface area contributed by atoms with Gasteiger partial charge in [0.1, 0.15) is 0 Å². The minimum atomic E-state index is 0.368. The molecule has 1 fully saturated rings. The smallest absolute Gasteiger partial charge is 0.0581 e. The monoisotopic (exact) mass is 286 g/mol. The summed E-state index contributed by atoms with van der Waals surface area (Å²) in [5.74, 6) is 0. The molecule has 3 heteroatoms. The van der Waals surface area contributed by atoms with E-state index >= 15 is 0 Å². The molecule has 3 rings (SSSR count). The zero-order chi connectivity index (χ0) is 13.9. The largest absolute Gasteiger partial charge is 0.378 e. The Morgan fingerprint density at radius 2 is 1.80 bits per heavy atom. The topological polar surface area (TPSA) is 15.3 Å². The highest BCUT2D eigenvalue weighted by Crippen LogP contribution is 2.28. The zero-order valence-corrected chi connectivity index (χ0v) is 13.0. The van der Waals surface area contributed by atoms with E-state index in [2.05, 4.69) is 59.8 Å². The second kappa shape index (κ2) is 5.88. The quantitative estimate of drug-likeness (QED) is 0.866. The standard InChI is InChI=1S/C17H22N2S/c1-13-9-12-20-17(13)14(2)18-15-5-7-16(8-6-15)19-10-3-4-11-19/h5-9,12,14,18H,3-4,10-11H2,1-2H3. The van der Waals surface area contributed by atoms with Crippen LogP contribution >= 0.6 is 11.3 Å². The predicted molar refractivity (Wildman–Crippen MR) is 89.0 cm³/mol. The first-order chi connectivity index (χ1) is 9.74. The van der Waals surface area contributed by atoms with Crippen molar-refractivity contribution in [2.75, 3.05) is 23.3 Å². The molecule has 2 nitrogen and oxygen atoms in total. The second-order valence-electron chi connectivity index (χ2n) is 5.57. The van der Waals surface area contributed by atoms with Crippen LogP contribution in [0.3, 0.4) is 0 Å². The summed E-state index contributed by atoms with van der Waals surface area (Å²) in [7, 11) is 0. The van der Waals surface area contributed by atoms with Crippen molar-refractivity contribution in [3.63, 3.8) is 0 Å². The molecular formula is C17H22N2S. The van der Waals surface area contributed by atoms with E-state index in [1.54, 1.807) is 0 Å². The lowest BCUT2D eigenvalue weighted by Gasteiger charge is -2.19. The van der Waals surface area contributed by atoms with E-state index in [1.807, 2.05) is 11.3 Å². The van der Waals surface area contributed by atoms with E-state index in [4.69, 9.17) is 0 Å². The van der Waals surface area contributed by atoms with Gasteiger partial charge in [-0.15, -0.1) is 11.3 Å². The SMILES string of the molecule is Cc1ccsc1C(C)Nc1ccc(N2CCCC2)cc1. The first-order valence-corrected chi connectivity index (χ1v) is 8.27. The van der Waals surface area contributed by atoms with E-state index in [0.29, 0.717) is 6.04 Å². The molecule has 0 saturated carbocycles. The molecule has 106 valence electrons. The van der Waals surface area contributed by atoms with Gasteiger partial charge in [-0.2, -0.15) is 0 Å². The van der Waals surface area contributed by atoms with Gasteiger partial charge < -0.3 is 10.2 Å². The highest BCUT2D eigenvalue weighted by molar-refractivity contribution is 7.10. The Kier molecular flexibility index (Phi) is 3.97. The summed E-state index contributed by atoms with van der Waals surface area (Å²) in [5.41, 5.74) is 3.94. The van der Waals surface area contributed by atoms with Gasteiger partial charge in [0.2, 0.25) is 0 Å². The summed E-state index contributed by atoms with van der Waals surface area (Å²) in [6, 6.07) is 11.4. The Hall–Kier alpha value is -1.48. The van der Waals surface area contributed by atoms with Crippen molar-refractivity contribution in [1.29, 1.82) is 0 Å². The van der Waals surface area contributed by atoms with Crippen LogP contribution in [-0.4, -0.2) is 13.1 Å². The minimum absolute atomic E-state index is 0.368. The maximum absolute atomic E-state index is 3.59. The number of rotatable bonds is 4. The molecule has 0 spiro atoms. The molecule has 1 aromatic heterocycles. The minimum Gasteiger partial charge on any atom is -0.378 e. The molecule has 20 heavy (non-hydrogen) atoms. The molecule has 0 bridgehead atoms. The number of nitrogens with zero attached hydrogens (tertiary/aromatic N) is 1. The molecule has 1 aliphatic rings. The Balaban J connectivity index is 1.67. The Morgan fingerprint density at radius 1 is 1.10 bits per heavy atom. The summed E-state index contributed by atoms with van der Waals surface area (Å²) in [5, 5.41) is 5.76. The lowest BCUT2D eigenvalue weighted by molar-refractivity contribution is 0.898. The number of benzene rings is 1. The van der Waals surface area contributed by atoms with Gasteiger partial charge in [-0.1, -0.05) is 0 Å². The van der Waals surface area contributed by atoms with Crippen LogP contribution in [0.4, 0.5) is 11.4 Å². The third-order valence-corrected chi connectivity index (χ3v) is 5.22. The highest BCUT2D eigenvalue weighted by atomic mass is 32.1. The maximum Gasteiger partial charge on any atom is 0.0581 e. The van der Waals surface area contributed by atoms with Crippen molar-refractivity contribution in [2.45, 2.75) is 32.7 Å². The van der Waals surface area contributed by atoms with E-state index < -0.39 is 0 Å². The lowest BCUT2D eigenvalue weighted by atomic mass is 10.1. The van der Waals surface area contributed by atoms with Crippen molar-refractivity contribution >= 4 is 22.7 Å². The van der Waals surface area contributed by atoms with Crippen LogP contribution in [0.15, 0.2) is 35.7 Å². The number of thiophene rings is 1. The van der Waals surface area contributed by atoms with E-state index in [-0.39, 0.29) is 0 Å². The van der Waals surface area contributed by atoms with Gasteiger partial charge in [0.05, 0.1) is 6.04 Å². The molecule has 1 unspecified atom stereocenters. The summed E-state index contributed by atoms with van der Waals surface area (Å²) >= 11 is 1.83. The lowest BCUT2D eigenvalue weighted by Crippen LogP contribution is -2.17. The molecule has 1 saturated heterocycles. The first kappa shape index (κ1) is 13.5. The molecule has 0 radical (unpaired) electrons. The Labute approximate surface area is 125 Å². The summed E-state index contributed by atoms with van der Waals surface area (Å²) in [6.07, 6.45) is 2.66. The van der Waals surface area contributed by atoms with Gasteiger partial charge in [0.25, 0.3) is 0 Å². The van der Waals surface area contributed by atoms with Gasteiger partial charge in [0.15, 0.2) is 0 Å². The van der Waals surface area contributed by atoms with Crippen LogP contribution in [0, 0.1) is 6.92 Å². The fraction of sp³-hybridized carbons (Fsp3) is 0.412. The zero-order valence-electron chi connectivity index (χ0n) is 12.2. The number of hydrogen-bond acceptors (Lipinski definition) is 3. The normalized spacial score (nSPS) is 16.4. The number of hydrogen-bond donors (Lipinski definition) is 1. The summed E-state index contributed by atoms with van der Waals surface area (Å²) in [4.78, 5) is 3.89. The molecule has 1 aromatic carbocycles. The van der Waals surface area contributed by atoms with E-state index in [1.165, 1.54) is 47.7 Å². The number of anilines is 2. The van der Waals surface area contributed by atoms with Crippen LogP contribution in [-0.2, 0) is 0 Å². The van der Waals surface area contributed by atoms with Crippen LogP contribution < -0.4 is 10.2 Å². The maximum atomic E-state index is 3.59. The summed E-state index contributed by atoms with van der Waals surface area (Å²) in [6.45, 7) is 6.82. The van der Waals surface area contributed by atoms with Gasteiger partial charge in [-0.05, 0) is 68.0 Å². The third kappa shape index (κ3) is 2.83. The van der Waals surface area contributed by atoms with Crippen molar-refractivity contribution in [1.82, 2.24) is 0 Å². The fourth-order valence-corrected chi connectivity index (χ4v) is 3.82. The van der Waals surface area contributed by atoms with E-state index in [0.717, 1.165) is 0 Å². The summed E-state index contributed by atoms with van der Waals surface area (Å²) < 4.78 is 0. The third-order valence-electron chi connectivity index (χ3n) is 4.02. The van der Waals surface area contributed by atoms with Crippen molar-refractivity contribution in [2.24, 2.45) is 0 Å². The predicted octanol–water partition coefficient (Wildman–Crippen LogP) is 4.83. The van der Waals surface area contributed by atoms with Gasteiger partial charge in [-0.3, -0.25) is 0 Å². The number of nitrogens with one attached hydrogen (secondary N) is 1. The molecule has 2 heterocycles. The average Bonchev–Trinajstić information content (AvgIpc) is 3.10. The average molecular weight is 286 g/mol. The van der Waals surface area contributed by atoms with Crippen LogP contribution in [0.25, 0.3) is 0 Å². The highest BCUT2D eigenvalue weighted by Gasteiger charge is 2.13. The molecular weight excluding hydrogens is 264 g/mol. The molecule has 2 aromatic rings. The number of aryl methyl sites for hydroxylation is 1. The van der Waals surface area contributed by atoms with Gasteiger partial charge in [-0.25, -0.2) is 0 Å². The molecule has 0 amide bonds. The molecule has 0 aliphatic carbocycles. The first-order valence-electron chi connectivity index (χ1n) is 7.39. The van der Waals surface area contributed by atoms with E-state index in [9.17, 15) is 0 Å². The molecule has 1 atom stereocenters. The molecule has 1 aliphatic heterocycles. The fourth-order valence-electron chi connectivity index (χ4n) is 2.89. The van der Waals surface area contributed by atoms with Crippen molar-refractivity contribution in [3.05, 3.63) is 46.2 Å². The van der Waals surface area contributed by atoms with Gasteiger partial charge in [0, 0.05) is 29.3 Å². The van der Waals surface area contributed by atoms with Crippen LogP contribution in [0.2, 0.25) is 0 Å². The van der Waals surface area contributed by atoms with Crippen molar-refractivity contribution in [3.8, 4) is 0 Å². The van der Waals surface area contributed by atoms with Crippen molar-refractivity contribution < 1.29 is 0 Å². The Morgan fingerprint density at radius 3 is 2.40 bits per heavy atom. The Bertz CT molecular complexity index is 553.